The Labute approximate surface area is 177 Å². The summed E-state index contributed by atoms with van der Waals surface area (Å²) in [6.45, 7) is 1.05. The van der Waals surface area contributed by atoms with Gasteiger partial charge < -0.3 is 25.8 Å². The lowest BCUT2D eigenvalue weighted by Crippen LogP contribution is -2.48. The van der Waals surface area contributed by atoms with Gasteiger partial charge in [0.1, 0.15) is 17.2 Å². The number of nitrogens with two attached hydrogens (primary N) is 1. The number of ether oxygens (including phenoxy) is 1. The summed E-state index contributed by atoms with van der Waals surface area (Å²) in [5.41, 5.74) is 6.53. The zero-order chi connectivity index (χ0) is 22.0. The maximum Gasteiger partial charge on any atom is 0.404 e. The molecule has 4 rings (SSSR count). The van der Waals surface area contributed by atoms with E-state index in [1.54, 1.807) is 18.0 Å². The Balaban J connectivity index is 1.52. The number of methoxy groups -OCH3 is 1. The molecule has 1 aromatic carbocycles. The van der Waals surface area contributed by atoms with Crippen molar-refractivity contribution in [2.75, 3.05) is 37.4 Å². The third kappa shape index (κ3) is 4.44. The van der Waals surface area contributed by atoms with E-state index in [0.717, 1.165) is 11.3 Å². The summed E-state index contributed by atoms with van der Waals surface area (Å²) in [6, 6.07) is 7.63. The topological polar surface area (TPSA) is 131 Å². The predicted molar refractivity (Wildman–Crippen MR) is 113 cm³/mol. The highest BCUT2D eigenvalue weighted by atomic mass is 19.1. The van der Waals surface area contributed by atoms with Gasteiger partial charge in [-0.15, -0.1) is 0 Å². The Morgan fingerprint density at radius 1 is 1.32 bits per heavy atom. The van der Waals surface area contributed by atoms with Gasteiger partial charge in [0.2, 0.25) is 0 Å². The van der Waals surface area contributed by atoms with Crippen LogP contribution in [0.2, 0.25) is 0 Å². The van der Waals surface area contributed by atoms with Crippen molar-refractivity contribution in [1.82, 2.24) is 25.1 Å². The molecule has 0 saturated carbocycles. The molecule has 0 aliphatic carbocycles. The van der Waals surface area contributed by atoms with Crippen molar-refractivity contribution in [2.45, 2.75) is 25.1 Å². The lowest BCUT2D eigenvalue weighted by molar-refractivity contribution is 0.118. The van der Waals surface area contributed by atoms with E-state index in [0.29, 0.717) is 42.4 Å². The average Bonchev–Trinajstić information content (AvgIpc) is 3.08. The SMILES string of the molecule is COc1ccc(Cn2nc(N)c3ncc(N4CCC(F)(CNC(=O)O)CC4)nc32)cc1. The van der Waals surface area contributed by atoms with E-state index in [-0.39, 0.29) is 19.4 Å². The van der Waals surface area contributed by atoms with Gasteiger partial charge >= 0.3 is 6.09 Å². The van der Waals surface area contributed by atoms with Crippen molar-refractivity contribution in [3.63, 3.8) is 0 Å². The number of carboxylic acid groups (broad SMARTS) is 1. The molecule has 0 bridgehead atoms. The Bertz CT molecular complexity index is 1080. The van der Waals surface area contributed by atoms with E-state index in [1.165, 1.54) is 0 Å². The standard InChI is InChI=1S/C20H24FN7O3/c1-31-14-4-2-13(3-5-14)11-28-18-16(17(22)26-28)23-10-15(25-18)27-8-6-20(21,7-9-27)12-24-19(29)30/h2-5,10,24H,6-9,11-12H2,1H3,(H2,22,26)(H,29,30). The first kappa shape index (κ1) is 20.6. The second kappa shape index (κ2) is 8.25. The molecule has 10 nitrogen and oxygen atoms in total. The van der Waals surface area contributed by atoms with Gasteiger partial charge in [0.25, 0.3) is 0 Å². The van der Waals surface area contributed by atoms with E-state index in [4.69, 9.17) is 20.6 Å². The monoisotopic (exact) mass is 429 g/mol. The number of anilines is 2. The molecule has 1 saturated heterocycles. The van der Waals surface area contributed by atoms with E-state index in [1.807, 2.05) is 29.2 Å². The molecule has 0 spiro atoms. The number of piperidine rings is 1. The van der Waals surface area contributed by atoms with Gasteiger partial charge in [-0.2, -0.15) is 5.10 Å². The molecule has 0 unspecified atom stereocenters. The first-order valence-corrected chi connectivity index (χ1v) is 9.89. The molecule has 4 N–H and O–H groups in total. The van der Waals surface area contributed by atoms with Crippen LogP contribution in [0.3, 0.4) is 0 Å². The lowest BCUT2D eigenvalue weighted by atomic mass is 9.93. The maximum atomic E-state index is 14.8. The van der Waals surface area contributed by atoms with E-state index in [9.17, 15) is 9.18 Å². The molecule has 3 heterocycles. The van der Waals surface area contributed by atoms with E-state index in [2.05, 4.69) is 15.4 Å². The van der Waals surface area contributed by atoms with Crippen LogP contribution < -0.4 is 20.7 Å². The van der Waals surface area contributed by atoms with Crippen LogP contribution in [0.1, 0.15) is 18.4 Å². The molecular formula is C20H24FN7O3. The van der Waals surface area contributed by atoms with Gasteiger partial charge in [-0.05, 0) is 17.7 Å². The number of amides is 1. The number of rotatable bonds is 6. The maximum absolute atomic E-state index is 14.8. The number of nitrogens with zero attached hydrogens (tertiary/aromatic N) is 5. The van der Waals surface area contributed by atoms with Gasteiger partial charge in [-0.3, -0.25) is 0 Å². The number of hydrogen-bond donors (Lipinski definition) is 3. The molecule has 1 aliphatic rings. The Hall–Kier alpha value is -3.63. The lowest BCUT2D eigenvalue weighted by Gasteiger charge is -2.36. The summed E-state index contributed by atoms with van der Waals surface area (Å²) in [4.78, 5) is 21.7. The van der Waals surface area contributed by atoms with Gasteiger partial charge in [0.05, 0.1) is 26.4 Å². The molecule has 2 aromatic heterocycles. The van der Waals surface area contributed by atoms with Crippen molar-refractivity contribution >= 4 is 28.9 Å². The fourth-order valence-corrected chi connectivity index (χ4v) is 3.67. The summed E-state index contributed by atoms with van der Waals surface area (Å²) < 4.78 is 21.7. The smallest absolute Gasteiger partial charge is 0.404 e. The van der Waals surface area contributed by atoms with Gasteiger partial charge in [-0.25, -0.2) is 23.8 Å². The highest BCUT2D eigenvalue weighted by molar-refractivity contribution is 5.83. The van der Waals surface area contributed by atoms with Crippen LogP contribution in [0.4, 0.5) is 20.8 Å². The molecule has 1 amide bonds. The minimum Gasteiger partial charge on any atom is -0.497 e. The second-order valence-electron chi connectivity index (χ2n) is 7.59. The van der Waals surface area contributed by atoms with Crippen molar-refractivity contribution in [3.8, 4) is 5.75 Å². The number of benzene rings is 1. The van der Waals surface area contributed by atoms with Crippen LogP contribution in [-0.4, -0.2) is 63.4 Å². The molecule has 164 valence electrons. The number of aromatic nitrogens is 4. The van der Waals surface area contributed by atoms with E-state index < -0.39 is 11.8 Å². The fourth-order valence-electron chi connectivity index (χ4n) is 3.67. The predicted octanol–water partition coefficient (Wildman–Crippen LogP) is 2.04. The molecule has 11 heteroatoms. The van der Waals surface area contributed by atoms with Crippen molar-refractivity contribution < 1.29 is 19.0 Å². The minimum atomic E-state index is -1.56. The normalized spacial score (nSPS) is 15.7. The van der Waals surface area contributed by atoms with Gasteiger partial charge in [0, 0.05) is 25.9 Å². The first-order chi connectivity index (χ1) is 14.9. The number of hydrogen-bond acceptors (Lipinski definition) is 7. The number of nitrogens with one attached hydrogen (secondary N) is 1. The summed E-state index contributed by atoms with van der Waals surface area (Å²) in [5.74, 6) is 1.67. The molecule has 1 aliphatic heterocycles. The van der Waals surface area contributed by atoms with Crippen LogP contribution >= 0.6 is 0 Å². The van der Waals surface area contributed by atoms with E-state index >= 15 is 0 Å². The summed E-state index contributed by atoms with van der Waals surface area (Å²) in [6.07, 6.45) is 0.776. The minimum absolute atomic E-state index is 0.195. The highest BCUT2D eigenvalue weighted by Crippen LogP contribution is 2.29. The van der Waals surface area contributed by atoms with Crippen molar-refractivity contribution in [3.05, 3.63) is 36.0 Å². The quantitative estimate of drug-likeness (QED) is 0.542. The molecule has 0 radical (unpaired) electrons. The third-order valence-corrected chi connectivity index (χ3v) is 5.49. The third-order valence-electron chi connectivity index (χ3n) is 5.49. The molecule has 0 atom stereocenters. The largest absolute Gasteiger partial charge is 0.497 e. The summed E-state index contributed by atoms with van der Waals surface area (Å²) in [7, 11) is 1.62. The van der Waals surface area contributed by atoms with Crippen LogP contribution in [0.25, 0.3) is 11.2 Å². The second-order valence-corrected chi connectivity index (χ2v) is 7.59. The number of alkyl halides is 1. The number of fused-ring (bicyclic) bond motifs is 1. The highest BCUT2D eigenvalue weighted by Gasteiger charge is 2.35. The van der Waals surface area contributed by atoms with Crippen molar-refractivity contribution in [1.29, 1.82) is 0 Å². The summed E-state index contributed by atoms with van der Waals surface area (Å²) >= 11 is 0. The molecule has 1 fully saturated rings. The Morgan fingerprint density at radius 2 is 2.03 bits per heavy atom. The molecule has 3 aromatic rings. The fraction of sp³-hybridized carbons (Fsp3) is 0.400. The van der Waals surface area contributed by atoms with Crippen LogP contribution in [-0.2, 0) is 6.54 Å². The van der Waals surface area contributed by atoms with Crippen molar-refractivity contribution in [2.24, 2.45) is 0 Å². The number of carbonyl (C=O) groups is 1. The zero-order valence-electron chi connectivity index (χ0n) is 17.1. The number of nitrogen functional groups attached to an aromatic ring is 1. The number of halogens is 1. The van der Waals surface area contributed by atoms with Crippen LogP contribution in [0.5, 0.6) is 5.75 Å². The molecule has 31 heavy (non-hydrogen) atoms. The van der Waals surface area contributed by atoms with Gasteiger partial charge in [0.15, 0.2) is 17.0 Å². The Kier molecular flexibility index (Phi) is 5.49. The first-order valence-electron chi connectivity index (χ1n) is 9.89. The van der Waals surface area contributed by atoms with Crippen LogP contribution in [0, 0.1) is 0 Å². The summed E-state index contributed by atoms with van der Waals surface area (Å²) in [5, 5.41) is 15.2. The zero-order valence-corrected chi connectivity index (χ0v) is 17.1. The molecular weight excluding hydrogens is 405 g/mol. The Morgan fingerprint density at radius 3 is 2.68 bits per heavy atom. The van der Waals surface area contributed by atoms with Crippen LogP contribution in [0.15, 0.2) is 30.5 Å². The average molecular weight is 429 g/mol. The van der Waals surface area contributed by atoms with Gasteiger partial charge in [-0.1, -0.05) is 12.1 Å².